The third-order valence-corrected chi connectivity index (χ3v) is 3.16. The van der Waals surface area contributed by atoms with Gasteiger partial charge in [-0.15, -0.1) is 0 Å². The van der Waals surface area contributed by atoms with Crippen LogP contribution in [0.3, 0.4) is 0 Å². The molecule has 0 spiro atoms. The molecule has 0 bridgehead atoms. The first kappa shape index (κ1) is 15.6. The van der Waals surface area contributed by atoms with E-state index in [0.717, 1.165) is 0 Å². The third-order valence-electron chi connectivity index (χ3n) is 2.07. The molecule has 0 fully saturated rings. The minimum atomic E-state index is -4.32. The first-order valence-corrected chi connectivity index (χ1v) is 6.25. The lowest BCUT2D eigenvalue weighted by Gasteiger charge is -2.14. The van der Waals surface area contributed by atoms with Crippen molar-refractivity contribution in [1.29, 1.82) is 0 Å². The maximum absolute atomic E-state index is 11.9. The molecule has 102 valence electrons. The van der Waals surface area contributed by atoms with Crippen molar-refractivity contribution < 1.29 is 22.6 Å². The predicted molar refractivity (Wildman–Crippen MR) is 66.5 cm³/mol. The molecule has 1 atom stereocenters. The molecule has 0 aromatic heterocycles. The van der Waals surface area contributed by atoms with Crippen molar-refractivity contribution in [2.75, 3.05) is 20.3 Å². The van der Waals surface area contributed by atoms with Gasteiger partial charge >= 0.3 is 6.18 Å². The zero-order valence-electron chi connectivity index (χ0n) is 9.43. The van der Waals surface area contributed by atoms with E-state index in [4.69, 9.17) is 16.3 Å². The molecule has 0 N–H and O–H groups in total. The van der Waals surface area contributed by atoms with Crippen molar-refractivity contribution in [1.82, 2.24) is 0 Å². The normalized spacial score (nSPS) is 13.4. The predicted octanol–water partition coefficient (Wildman–Crippen LogP) is 4.36. The summed E-state index contributed by atoms with van der Waals surface area (Å²) in [5.74, 6) is 0.583. The molecule has 0 aliphatic carbocycles. The summed E-state index contributed by atoms with van der Waals surface area (Å²) < 4.78 is 45.3. The summed E-state index contributed by atoms with van der Waals surface area (Å²) in [6.45, 7) is -1.39. The number of alkyl halides is 4. The van der Waals surface area contributed by atoms with Crippen molar-refractivity contribution in [2.45, 2.75) is 11.0 Å². The van der Waals surface area contributed by atoms with Crippen LogP contribution in [0.2, 0.25) is 5.02 Å². The van der Waals surface area contributed by atoms with Crippen LogP contribution in [-0.2, 0) is 4.74 Å². The molecule has 1 rings (SSSR count). The van der Waals surface area contributed by atoms with E-state index in [1.165, 1.54) is 7.11 Å². The van der Waals surface area contributed by atoms with Crippen molar-refractivity contribution in [3.8, 4) is 5.75 Å². The first-order chi connectivity index (χ1) is 8.33. The van der Waals surface area contributed by atoms with Crippen molar-refractivity contribution in [3.63, 3.8) is 0 Å². The van der Waals surface area contributed by atoms with E-state index >= 15 is 0 Å². The fraction of sp³-hybridized carbons (Fsp3) is 0.455. The molecule has 0 saturated carbocycles. The third kappa shape index (κ3) is 5.04. The van der Waals surface area contributed by atoms with Gasteiger partial charge in [-0.25, -0.2) is 0 Å². The molecule has 0 aliphatic rings. The van der Waals surface area contributed by atoms with Gasteiger partial charge < -0.3 is 9.47 Å². The standard InChI is InChI=1S/C11H11BrClF3O2/c1-17-7-2-3-8(10(13)4-7)9(12)5-18-6-11(14,15)16/h2-4,9H,5-6H2,1H3. The molecule has 1 aromatic rings. The summed E-state index contributed by atoms with van der Waals surface area (Å²) in [5, 5.41) is 0.409. The largest absolute Gasteiger partial charge is 0.497 e. The van der Waals surface area contributed by atoms with E-state index in [-0.39, 0.29) is 6.61 Å². The van der Waals surface area contributed by atoms with Gasteiger partial charge in [-0.3, -0.25) is 0 Å². The Labute approximate surface area is 116 Å². The maximum Gasteiger partial charge on any atom is 0.411 e. The van der Waals surface area contributed by atoms with Gasteiger partial charge in [0.05, 0.1) is 18.5 Å². The van der Waals surface area contributed by atoms with Gasteiger partial charge in [0.25, 0.3) is 0 Å². The number of halogens is 5. The Balaban J connectivity index is 2.59. The van der Waals surface area contributed by atoms with E-state index in [1.54, 1.807) is 18.2 Å². The smallest absolute Gasteiger partial charge is 0.411 e. The highest BCUT2D eigenvalue weighted by molar-refractivity contribution is 9.09. The number of methoxy groups -OCH3 is 1. The van der Waals surface area contributed by atoms with Crippen molar-refractivity contribution in [3.05, 3.63) is 28.8 Å². The Bertz CT molecular complexity index is 398. The van der Waals surface area contributed by atoms with E-state index in [9.17, 15) is 13.2 Å². The summed E-state index contributed by atoms with van der Waals surface area (Å²) in [6.07, 6.45) is -4.32. The summed E-state index contributed by atoms with van der Waals surface area (Å²) in [6, 6.07) is 4.95. The van der Waals surface area contributed by atoms with Crippen LogP contribution in [0.25, 0.3) is 0 Å². The highest BCUT2D eigenvalue weighted by atomic mass is 79.9. The van der Waals surface area contributed by atoms with Crippen LogP contribution in [0, 0.1) is 0 Å². The van der Waals surface area contributed by atoms with Crippen LogP contribution in [0.15, 0.2) is 18.2 Å². The van der Waals surface area contributed by atoms with Gasteiger partial charge in [0.15, 0.2) is 0 Å². The number of ether oxygens (including phenoxy) is 2. The Morgan fingerprint density at radius 3 is 2.56 bits per heavy atom. The monoisotopic (exact) mass is 346 g/mol. The molecule has 1 aromatic carbocycles. The van der Waals surface area contributed by atoms with Crippen LogP contribution in [0.1, 0.15) is 10.4 Å². The molecular weight excluding hydrogens is 336 g/mol. The Hall–Kier alpha value is -0.460. The highest BCUT2D eigenvalue weighted by Gasteiger charge is 2.28. The van der Waals surface area contributed by atoms with Gasteiger partial charge in [-0.2, -0.15) is 13.2 Å². The van der Waals surface area contributed by atoms with Gasteiger partial charge in [0.1, 0.15) is 12.4 Å². The lowest BCUT2D eigenvalue weighted by atomic mass is 10.1. The maximum atomic E-state index is 11.9. The molecule has 0 aliphatic heterocycles. The van der Waals surface area contributed by atoms with Crippen molar-refractivity contribution in [2.24, 2.45) is 0 Å². The summed E-state index contributed by atoms with van der Waals surface area (Å²) in [4.78, 5) is -0.404. The van der Waals surface area contributed by atoms with E-state index < -0.39 is 17.6 Å². The van der Waals surface area contributed by atoms with E-state index in [2.05, 4.69) is 20.7 Å². The quantitative estimate of drug-likeness (QED) is 0.737. The molecule has 0 amide bonds. The SMILES string of the molecule is COc1ccc(C(Br)COCC(F)(F)F)c(Cl)c1. The molecule has 1 unspecified atom stereocenters. The highest BCUT2D eigenvalue weighted by Crippen LogP contribution is 2.32. The molecule has 0 saturated heterocycles. The van der Waals surface area contributed by atoms with Gasteiger partial charge in [0, 0.05) is 5.02 Å². The second kappa shape index (κ2) is 6.63. The Morgan fingerprint density at radius 1 is 1.39 bits per heavy atom. The Kier molecular flexibility index (Phi) is 5.75. The number of rotatable bonds is 5. The topological polar surface area (TPSA) is 18.5 Å². The molecular formula is C11H11BrClF3O2. The van der Waals surface area contributed by atoms with E-state index in [0.29, 0.717) is 16.3 Å². The van der Waals surface area contributed by atoms with Gasteiger partial charge in [0.2, 0.25) is 0 Å². The van der Waals surface area contributed by atoms with Crippen LogP contribution in [0.5, 0.6) is 5.75 Å². The van der Waals surface area contributed by atoms with Gasteiger partial charge in [-0.1, -0.05) is 33.6 Å². The average Bonchev–Trinajstić information content (AvgIpc) is 2.26. The fourth-order valence-corrected chi connectivity index (χ4v) is 2.28. The minimum absolute atomic E-state index is 0.119. The second-order valence-corrected chi connectivity index (χ2v) is 5.00. The van der Waals surface area contributed by atoms with Crippen LogP contribution >= 0.6 is 27.5 Å². The number of benzene rings is 1. The Morgan fingerprint density at radius 2 is 2.06 bits per heavy atom. The molecule has 18 heavy (non-hydrogen) atoms. The van der Waals surface area contributed by atoms with Crippen LogP contribution < -0.4 is 4.74 Å². The van der Waals surface area contributed by atoms with Crippen molar-refractivity contribution >= 4 is 27.5 Å². The fourth-order valence-electron chi connectivity index (χ4n) is 1.26. The zero-order valence-corrected chi connectivity index (χ0v) is 11.8. The average molecular weight is 348 g/mol. The molecule has 7 heteroatoms. The first-order valence-electron chi connectivity index (χ1n) is 4.95. The minimum Gasteiger partial charge on any atom is -0.497 e. The second-order valence-electron chi connectivity index (χ2n) is 3.49. The lowest BCUT2D eigenvalue weighted by molar-refractivity contribution is -0.173. The molecule has 2 nitrogen and oxygen atoms in total. The number of hydrogen-bond acceptors (Lipinski definition) is 2. The molecule has 0 heterocycles. The summed E-state index contributed by atoms with van der Waals surface area (Å²) in [7, 11) is 1.50. The van der Waals surface area contributed by atoms with Gasteiger partial charge in [-0.05, 0) is 17.7 Å². The van der Waals surface area contributed by atoms with Crippen LogP contribution in [0.4, 0.5) is 13.2 Å². The lowest BCUT2D eigenvalue weighted by Crippen LogP contribution is -2.18. The summed E-state index contributed by atoms with van der Waals surface area (Å²) >= 11 is 9.22. The number of hydrogen-bond donors (Lipinski definition) is 0. The van der Waals surface area contributed by atoms with Crippen LogP contribution in [-0.4, -0.2) is 26.5 Å². The van der Waals surface area contributed by atoms with E-state index in [1.807, 2.05) is 0 Å². The molecule has 0 radical (unpaired) electrons. The summed E-state index contributed by atoms with van der Waals surface area (Å²) in [5.41, 5.74) is 0.652. The zero-order chi connectivity index (χ0) is 13.8.